The molecule has 0 bridgehead atoms. The summed E-state index contributed by atoms with van der Waals surface area (Å²) in [6.45, 7) is 0. The highest BCUT2D eigenvalue weighted by Gasteiger charge is 2.32. The Morgan fingerprint density at radius 2 is 1.68 bits per heavy atom. The monoisotopic (exact) mass is 477 g/mol. The molecule has 0 saturated heterocycles. The summed E-state index contributed by atoms with van der Waals surface area (Å²) in [6.07, 6.45) is -4.13. The van der Waals surface area contributed by atoms with Crippen LogP contribution in [0.5, 0.6) is 5.75 Å². The van der Waals surface area contributed by atoms with Crippen LogP contribution in [0.1, 0.15) is 22.7 Å². The van der Waals surface area contributed by atoms with Crippen LogP contribution in [0.2, 0.25) is 0 Å². The van der Waals surface area contributed by atoms with Gasteiger partial charge in [-0.2, -0.15) is 13.2 Å². The first-order valence-corrected chi connectivity index (χ1v) is 9.87. The van der Waals surface area contributed by atoms with E-state index < -0.39 is 46.7 Å². The Balaban J connectivity index is 1.81. The van der Waals surface area contributed by atoms with E-state index in [1.807, 2.05) is 10.3 Å². The lowest BCUT2D eigenvalue weighted by Crippen LogP contribution is -2.39. The molecule has 3 rings (SSSR count). The number of benzene rings is 2. The number of pyridine rings is 1. The van der Waals surface area contributed by atoms with Crippen molar-refractivity contribution in [2.24, 2.45) is 0 Å². The maximum Gasteiger partial charge on any atom is 0.417 e. The number of ether oxygens (including phenoxy) is 1. The van der Waals surface area contributed by atoms with Gasteiger partial charge in [0.05, 0.1) is 18.7 Å². The predicted molar refractivity (Wildman–Crippen MR) is 115 cm³/mol. The second-order valence-corrected chi connectivity index (χ2v) is 7.21. The van der Waals surface area contributed by atoms with Gasteiger partial charge in [0.25, 0.3) is 5.56 Å². The smallest absolute Gasteiger partial charge is 0.417 e. The molecule has 2 aromatic carbocycles. The normalized spacial score (nSPS) is 12.0. The molecule has 178 valence electrons. The van der Waals surface area contributed by atoms with Crippen LogP contribution in [0.15, 0.2) is 65.6 Å². The highest BCUT2D eigenvalue weighted by Crippen LogP contribution is 2.29. The van der Waals surface area contributed by atoms with E-state index in [9.17, 15) is 31.9 Å². The van der Waals surface area contributed by atoms with Gasteiger partial charge in [-0.15, -0.1) is 0 Å². The van der Waals surface area contributed by atoms with Crippen molar-refractivity contribution < 1.29 is 31.9 Å². The molecule has 0 fully saturated rings. The van der Waals surface area contributed by atoms with Crippen LogP contribution in [0.4, 0.5) is 23.2 Å². The van der Waals surface area contributed by atoms with Gasteiger partial charge in [0.1, 0.15) is 17.3 Å². The van der Waals surface area contributed by atoms with Crippen molar-refractivity contribution in [3.05, 3.63) is 93.7 Å². The van der Waals surface area contributed by atoms with E-state index in [0.29, 0.717) is 29.1 Å². The maximum atomic E-state index is 13.3. The van der Waals surface area contributed by atoms with Crippen molar-refractivity contribution in [1.82, 2.24) is 10.3 Å². The second-order valence-electron chi connectivity index (χ2n) is 7.21. The van der Waals surface area contributed by atoms with Gasteiger partial charge >= 0.3 is 18.0 Å². The number of hydrogen-bond acceptors (Lipinski definition) is 4. The van der Waals surface area contributed by atoms with Gasteiger partial charge in [0, 0.05) is 6.20 Å². The average molecular weight is 477 g/mol. The Kier molecular flexibility index (Phi) is 7.34. The van der Waals surface area contributed by atoms with Crippen LogP contribution in [0, 0.1) is 5.82 Å². The molecule has 1 heterocycles. The summed E-state index contributed by atoms with van der Waals surface area (Å²) >= 11 is 0. The van der Waals surface area contributed by atoms with Gasteiger partial charge in [-0.25, -0.2) is 4.39 Å². The standard InChI is InChI=1S/C23H19F4N3O4/c1-34-17-8-4-14(5-9-17)18(10-13-2-6-16(24)7-3-13)29-21(32)22(33)30-19-11-15(23(25,26)27)12-28-20(19)31/h2-9,11-12,18H,10H2,1H3,(H,28,31)(H,29,32)(H,30,33)/t18-/m1/s1. The van der Waals surface area contributed by atoms with Crippen molar-refractivity contribution in [3.63, 3.8) is 0 Å². The summed E-state index contributed by atoms with van der Waals surface area (Å²) in [5.74, 6) is -2.40. The number of hydrogen-bond donors (Lipinski definition) is 3. The van der Waals surface area contributed by atoms with Crippen LogP contribution >= 0.6 is 0 Å². The van der Waals surface area contributed by atoms with Crippen LogP contribution in [0.25, 0.3) is 0 Å². The minimum Gasteiger partial charge on any atom is -0.497 e. The summed E-state index contributed by atoms with van der Waals surface area (Å²) in [6, 6.07) is 11.8. The Morgan fingerprint density at radius 1 is 1.03 bits per heavy atom. The van der Waals surface area contributed by atoms with Crippen molar-refractivity contribution in [1.29, 1.82) is 0 Å². The number of methoxy groups -OCH3 is 1. The highest BCUT2D eigenvalue weighted by molar-refractivity contribution is 6.39. The molecule has 0 unspecified atom stereocenters. The van der Waals surface area contributed by atoms with E-state index in [1.54, 1.807) is 24.3 Å². The molecule has 3 N–H and O–H groups in total. The number of halogens is 4. The molecular formula is C23H19F4N3O4. The Hall–Kier alpha value is -4.15. The van der Waals surface area contributed by atoms with Crippen molar-refractivity contribution >= 4 is 17.5 Å². The molecular weight excluding hydrogens is 458 g/mol. The fraction of sp³-hybridized carbons (Fsp3) is 0.174. The van der Waals surface area contributed by atoms with E-state index in [2.05, 4.69) is 5.32 Å². The summed E-state index contributed by atoms with van der Waals surface area (Å²) in [7, 11) is 1.48. The first kappa shape index (κ1) is 24.5. The van der Waals surface area contributed by atoms with Crippen LogP contribution in [-0.4, -0.2) is 23.9 Å². The third-order valence-corrected chi connectivity index (χ3v) is 4.86. The number of H-pyrrole nitrogens is 1. The van der Waals surface area contributed by atoms with E-state index >= 15 is 0 Å². The number of aromatic amines is 1. The lowest BCUT2D eigenvalue weighted by atomic mass is 9.98. The first-order chi connectivity index (χ1) is 16.1. The number of rotatable bonds is 6. The number of alkyl halides is 3. The molecule has 11 heteroatoms. The minimum absolute atomic E-state index is 0.176. The SMILES string of the molecule is COc1ccc([C@@H](Cc2ccc(F)cc2)NC(=O)C(=O)Nc2cc(C(F)(F)F)c[nH]c2=O)cc1. The van der Waals surface area contributed by atoms with E-state index in [-0.39, 0.29) is 6.42 Å². The van der Waals surface area contributed by atoms with Crippen LogP contribution in [-0.2, 0) is 22.2 Å². The third-order valence-electron chi connectivity index (χ3n) is 4.86. The lowest BCUT2D eigenvalue weighted by molar-refractivity contribution is -0.137. The van der Waals surface area contributed by atoms with Crippen molar-refractivity contribution in [2.45, 2.75) is 18.6 Å². The van der Waals surface area contributed by atoms with Crippen LogP contribution < -0.4 is 20.9 Å². The Morgan fingerprint density at radius 3 is 2.26 bits per heavy atom. The van der Waals surface area contributed by atoms with Crippen LogP contribution in [0.3, 0.4) is 0 Å². The highest BCUT2D eigenvalue weighted by atomic mass is 19.4. The third kappa shape index (κ3) is 6.21. The topological polar surface area (TPSA) is 100 Å². The molecule has 0 radical (unpaired) electrons. The van der Waals surface area contributed by atoms with E-state index in [4.69, 9.17) is 4.74 Å². The lowest BCUT2D eigenvalue weighted by Gasteiger charge is -2.20. The summed E-state index contributed by atoms with van der Waals surface area (Å²) in [5.41, 5.74) is -1.70. The number of carbonyl (C=O) groups is 2. The summed E-state index contributed by atoms with van der Waals surface area (Å²) in [5, 5.41) is 4.40. The second kappa shape index (κ2) is 10.2. The zero-order valence-electron chi connectivity index (χ0n) is 17.7. The van der Waals surface area contributed by atoms with Gasteiger partial charge in [0.2, 0.25) is 0 Å². The van der Waals surface area contributed by atoms with E-state index in [0.717, 1.165) is 0 Å². The fourth-order valence-corrected chi connectivity index (χ4v) is 3.09. The van der Waals surface area contributed by atoms with Gasteiger partial charge in [0.15, 0.2) is 0 Å². The largest absolute Gasteiger partial charge is 0.497 e. The first-order valence-electron chi connectivity index (χ1n) is 9.87. The Bertz CT molecular complexity index is 1220. The van der Waals surface area contributed by atoms with Crippen molar-refractivity contribution in [2.75, 3.05) is 12.4 Å². The van der Waals surface area contributed by atoms with Gasteiger partial charge in [-0.05, 0) is 47.9 Å². The molecule has 2 amide bonds. The van der Waals surface area contributed by atoms with Gasteiger partial charge < -0.3 is 20.4 Å². The summed E-state index contributed by atoms with van der Waals surface area (Å²) < 4.78 is 57.0. The summed E-state index contributed by atoms with van der Waals surface area (Å²) in [4.78, 5) is 38.6. The fourth-order valence-electron chi connectivity index (χ4n) is 3.09. The number of carbonyl (C=O) groups excluding carboxylic acids is 2. The molecule has 0 aliphatic carbocycles. The number of aromatic nitrogens is 1. The predicted octanol–water partition coefficient (Wildman–Crippen LogP) is 3.58. The van der Waals surface area contributed by atoms with E-state index in [1.165, 1.54) is 31.4 Å². The molecule has 0 aliphatic heterocycles. The molecule has 0 aliphatic rings. The van der Waals surface area contributed by atoms with Gasteiger partial charge in [-0.1, -0.05) is 24.3 Å². The number of amides is 2. The Labute approximate surface area is 190 Å². The molecule has 1 atom stereocenters. The quantitative estimate of drug-likeness (QED) is 0.373. The average Bonchev–Trinajstić information content (AvgIpc) is 2.80. The van der Waals surface area contributed by atoms with Crippen molar-refractivity contribution in [3.8, 4) is 5.75 Å². The zero-order chi connectivity index (χ0) is 24.9. The molecule has 34 heavy (non-hydrogen) atoms. The minimum atomic E-state index is -4.76. The molecule has 0 spiro atoms. The molecule has 0 saturated carbocycles. The zero-order valence-corrected chi connectivity index (χ0v) is 17.7. The number of nitrogens with one attached hydrogen (secondary N) is 3. The molecule has 1 aromatic heterocycles. The molecule has 7 nitrogen and oxygen atoms in total. The number of anilines is 1. The molecule has 3 aromatic rings. The van der Waals surface area contributed by atoms with Gasteiger partial charge in [-0.3, -0.25) is 14.4 Å². The maximum absolute atomic E-state index is 13.3.